The van der Waals surface area contributed by atoms with E-state index in [1.165, 1.54) is 0 Å². The Morgan fingerprint density at radius 3 is 2.59 bits per heavy atom. The molecule has 2 rings (SSSR count). The maximum absolute atomic E-state index is 13.2. The van der Waals surface area contributed by atoms with Gasteiger partial charge in [-0.1, -0.05) is 27.7 Å². The first kappa shape index (κ1) is 21.5. The molecule has 0 radical (unpaired) electrons. The highest BCUT2D eigenvalue weighted by Gasteiger charge is 2.33. The molecule has 6 heteroatoms. The average molecular weight is 379 g/mol. The van der Waals surface area contributed by atoms with Crippen molar-refractivity contribution in [3.63, 3.8) is 0 Å². The van der Waals surface area contributed by atoms with E-state index >= 15 is 0 Å². The summed E-state index contributed by atoms with van der Waals surface area (Å²) in [4.78, 5) is 29.5. The summed E-state index contributed by atoms with van der Waals surface area (Å²) in [5, 5.41) is 0. The molecule has 0 saturated carbocycles. The third kappa shape index (κ3) is 6.09. The molecule has 1 aromatic heterocycles. The van der Waals surface area contributed by atoms with E-state index < -0.39 is 5.41 Å². The highest BCUT2D eigenvalue weighted by molar-refractivity contribution is 5.87. The van der Waals surface area contributed by atoms with Crippen LogP contribution < -0.4 is 0 Å². The summed E-state index contributed by atoms with van der Waals surface area (Å²) in [5.74, 6) is 0.665. The van der Waals surface area contributed by atoms with Crippen LogP contribution in [0.15, 0.2) is 22.8 Å². The molecule has 0 aromatic carbocycles. The minimum atomic E-state index is -0.524. The highest BCUT2D eigenvalue weighted by atomic mass is 16.5. The van der Waals surface area contributed by atoms with Crippen LogP contribution >= 0.6 is 0 Å². The quantitative estimate of drug-likeness (QED) is 0.695. The fraction of sp³-hybridized carbons (Fsp3) is 0.714. The topological polar surface area (TPSA) is 63.0 Å². The Hall–Kier alpha value is -1.82. The van der Waals surface area contributed by atoms with Gasteiger partial charge in [-0.05, 0) is 38.3 Å². The lowest BCUT2D eigenvalue weighted by Crippen LogP contribution is -2.50. The van der Waals surface area contributed by atoms with Crippen molar-refractivity contribution in [1.29, 1.82) is 0 Å². The molecule has 1 aliphatic heterocycles. The Labute approximate surface area is 162 Å². The van der Waals surface area contributed by atoms with Crippen molar-refractivity contribution in [3.05, 3.63) is 24.2 Å². The maximum atomic E-state index is 13.2. The van der Waals surface area contributed by atoms with E-state index in [-0.39, 0.29) is 30.5 Å². The van der Waals surface area contributed by atoms with Crippen LogP contribution in [0.4, 0.5) is 0 Å². The van der Waals surface area contributed by atoms with E-state index in [4.69, 9.17) is 9.15 Å². The summed E-state index contributed by atoms with van der Waals surface area (Å²) < 4.78 is 11.2. The zero-order chi connectivity index (χ0) is 20.0. The molecule has 1 fully saturated rings. The average Bonchev–Trinajstić information content (AvgIpc) is 3.30. The zero-order valence-electron chi connectivity index (χ0n) is 17.4. The van der Waals surface area contributed by atoms with Gasteiger partial charge >= 0.3 is 0 Å². The second-order valence-electron chi connectivity index (χ2n) is 8.43. The lowest BCUT2D eigenvalue weighted by Gasteiger charge is -2.35. The SMILES string of the molecule is CCC(C)N(CC(=O)N(Cc1ccco1)CC1CCCO1)C(=O)C(C)(C)C. The molecule has 2 unspecified atom stereocenters. The molecule has 1 saturated heterocycles. The van der Waals surface area contributed by atoms with Gasteiger partial charge in [0.05, 0.1) is 18.9 Å². The van der Waals surface area contributed by atoms with Crippen LogP contribution in [0.25, 0.3) is 0 Å². The second kappa shape index (κ2) is 9.40. The molecule has 6 nitrogen and oxygen atoms in total. The number of nitrogens with zero attached hydrogens (tertiary/aromatic N) is 2. The molecule has 0 aliphatic carbocycles. The summed E-state index contributed by atoms with van der Waals surface area (Å²) in [6.07, 6.45) is 4.45. The smallest absolute Gasteiger partial charge is 0.242 e. The normalized spacial score (nSPS) is 18.3. The number of ether oxygens (including phenoxy) is 1. The Morgan fingerprint density at radius 2 is 2.07 bits per heavy atom. The Bertz CT molecular complexity index is 600. The molecule has 152 valence electrons. The molecule has 27 heavy (non-hydrogen) atoms. The van der Waals surface area contributed by atoms with Crippen molar-refractivity contribution >= 4 is 11.8 Å². The summed E-state index contributed by atoms with van der Waals surface area (Å²) in [6, 6.07) is 3.69. The van der Waals surface area contributed by atoms with Crippen LogP contribution in [0, 0.1) is 5.41 Å². The van der Waals surface area contributed by atoms with E-state index in [1.807, 2.05) is 46.8 Å². The minimum absolute atomic E-state index is 0.000245. The van der Waals surface area contributed by atoms with Crippen molar-refractivity contribution in [2.75, 3.05) is 19.7 Å². The van der Waals surface area contributed by atoms with Crippen LogP contribution in [0.2, 0.25) is 0 Å². The van der Waals surface area contributed by atoms with Gasteiger partial charge in [0.25, 0.3) is 0 Å². The second-order valence-corrected chi connectivity index (χ2v) is 8.43. The monoisotopic (exact) mass is 378 g/mol. The summed E-state index contributed by atoms with van der Waals surface area (Å²) >= 11 is 0. The fourth-order valence-electron chi connectivity index (χ4n) is 3.20. The van der Waals surface area contributed by atoms with Gasteiger partial charge in [-0.2, -0.15) is 0 Å². The van der Waals surface area contributed by atoms with E-state index in [0.29, 0.717) is 13.1 Å². The molecule has 0 N–H and O–H groups in total. The molecule has 1 aromatic rings. The van der Waals surface area contributed by atoms with Gasteiger partial charge in [0, 0.05) is 24.6 Å². The Balaban J connectivity index is 2.13. The van der Waals surface area contributed by atoms with Gasteiger partial charge in [-0.15, -0.1) is 0 Å². The largest absolute Gasteiger partial charge is 0.467 e. The van der Waals surface area contributed by atoms with Crippen LogP contribution in [0.1, 0.15) is 59.6 Å². The predicted molar refractivity (Wildman–Crippen MR) is 104 cm³/mol. The lowest BCUT2D eigenvalue weighted by atomic mass is 9.93. The zero-order valence-corrected chi connectivity index (χ0v) is 17.4. The summed E-state index contributed by atoms with van der Waals surface area (Å²) in [7, 11) is 0. The van der Waals surface area contributed by atoms with Crippen molar-refractivity contribution < 1.29 is 18.7 Å². The number of carbonyl (C=O) groups is 2. The molecule has 2 amide bonds. The molecular weight excluding hydrogens is 344 g/mol. The van der Waals surface area contributed by atoms with Gasteiger partial charge in [0.1, 0.15) is 12.3 Å². The van der Waals surface area contributed by atoms with Crippen LogP contribution in [0.5, 0.6) is 0 Å². The van der Waals surface area contributed by atoms with E-state index in [1.54, 1.807) is 16.1 Å². The highest BCUT2D eigenvalue weighted by Crippen LogP contribution is 2.21. The molecule has 2 heterocycles. The summed E-state index contributed by atoms with van der Waals surface area (Å²) in [5.41, 5.74) is -0.524. The molecule has 2 atom stereocenters. The van der Waals surface area contributed by atoms with Gasteiger partial charge in [-0.25, -0.2) is 0 Å². The number of carbonyl (C=O) groups excluding carboxylic acids is 2. The van der Waals surface area contributed by atoms with Gasteiger partial charge in [0.2, 0.25) is 11.8 Å². The maximum Gasteiger partial charge on any atom is 0.242 e. The van der Waals surface area contributed by atoms with Crippen molar-refractivity contribution in [1.82, 2.24) is 9.80 Å². The number of hydrogen-bond donors (Lipinski definition) is 0. The first-order valence-corrected chi connectivity index (χ1v) is 9.95. The van der Waals surface area contributed by atoms with E-state index in [2.05, 4.69) is 0 Å². The van der Waals surface area contributed by atoms with Crippen LogP contribution in [0.3, 0.4) is 0 Å². The van der Waals surface area contributed by atoms with E-state index in [0.717, 1.165) is 31.6 Å². The molecule has 0 bridgehead atoms. The minimum Gasteiger partial charge on any atom is -0.467 e. The van der Waals surface area contributed by atoms with Crippen LogP contribution in [-0.4, -0.2) is 53.5 Å². The molecule has 1 aliphatic rings. The lowest BCUT2D eigenvalue weighted by molar-refractivity contribution is -0.148. The Kier molecular flexibility index (Phi) is 7.48. The van der Waals surface area contributed by atoms with Gasteiger partial charge < -0.3 is 19.0 Å². The number of hydrogen-bond acceptors (Lipinski definition) is 4. The van der Waals surface area contributed by atoms with Crippen molar-refractivity contribution in [3.8, 4) is 0 Å². The molecule has 0 spiro atoms. The standard InChI is InChI=1S/C21H34N2O4/c1-6-16(2)23(20(25)21(3,4)5)15-19(24)22(13-17-9-7-11-26-17)14-18-10-8-12-27-18/h7,9,11,16,18H,6,8,10,12-15H2,1-5H3. The first-order valence-electron chi connectivity index (χ1n) is 9.95. The van der Waals surface area contributed by atoms with E-state index in [9.17, 15) is 9.59 Å². The summed E-state index contributed by atoms with van der Waals surface area (Å²) in [6.45, 7) is 11.4. The third-order valence-electron chi connectivity index (χ3n) is 5.06. The number of rotatable bonds is 8. The predicted octanol–water partition coefficient (Wildman–Crippen LogP) is 3.46. The number of furan rings is 1. The fourth-order valence-corrected chi connectivity index (χ4v) is 3.20. The molecular formula is C21H34N2O4. The third-order valence-corrected chi connectivity index (χ3v) is 5.06. The van der Waals surface area contributed by atoms with Crippen molar-refractivity contribution in [2.45, 2.75) is 72.6 Å². The van der Waals surface area contributed by atoms with Crippen LogP contribution in [-0.2, 0) is 20.9 Å². The first-order chi connectivity index (χ1) is 12.7. The van der Waals surface area contributed by atoms with Crippen molar-refractivity contribution in [2.24, 2.45) is 5.41 Å². The van der Waals surface area contributed by atoms with Gasteiger partial charge in [-0.3, -0.25) is 9.59 Å². The Morgan fingerprint density at radius 1 is 1.33 bits per heavy atom. The van der Waals surface area contributed by atoms with Gasteiger partial charge in [0.15, 0.2) is 0 Å². The number of amides is 2.